The first-order chi connectivity index (χ1) is 15.7. The molecule has 0 radical (unpaired) electrons. The van der Waals surface area contributed by atoms with E-state index in [0.717, 1.165) is 21.5 Å². The third-order valence-corrected chi connectivity index (χ3v) is 5.11. The van der Waals surface area contributed by atoms with Crippen molar-refractivity contribution >= 4 is 39.0 Å². The fourth-order valence-electron chi connectivity index (χ4n) is 3.51. The first-order valence-corrected chi connectivity index (χ1v) is 10.0. The molecule has 156 valence electrons. The van der Waals surface area contributed by atoms with Crippen molar-refractivity contribution in [2.24, 2.45) is 0 Å². The van der Waals surface area contributed by atoms with Crippen LogP contribution < -0.4 is 21.3 Å². The topological polar surface area (TPSA) is 102 Å². The highest BCUT2D eigenvalue weighted by atomic mass is 16.5. The predicted octanol–water partition coefficient (Wildman–Crippen LogP) is 4.91. The van der Waals surface area contributed by atoms with Crippen molar-refractivity contribution in [1.29, 1.82) is 0 Å². The number of anilines is 2. The number of fused-ring (bicyclic) bond motifs is 2. The van der Waals surface area contributed by atoms with Crippen molar-refractivity contribution in [3.05, 3.63) is 96.8 Å². The number of nitrogens with one attached hydrogen (secondary N) is 2. The molecule has 0 bridgehead atoms. The molecule has 5 rings (SSSR count). The minimum absolute atomic E-state index is 0.180. The molecule has 0 aliphatic heterocycles. The molecule has 0 aliphatic carbocycles. The molecule has 4 aromatic carbocycles. The standard InChI is InChI=1S/C25H19N5O2/c26-22-23(29-30-24(31)21-11-5-9-17-7-3-4-10-20(17)21)27-15-28-25(22)32-19-13-12-16-6-1-2-8-18(16)14-19/h1-15H,26H2,(H,30,31)(H,27,28,29). The van der Waals surface area contributed by atoms with Crippen LogP contribution in [0.4, 0.5) is 11.5 Å². The number of rotatable bonds is 5. The number of carbonyl (C=O) groups is 1. The molecule has 1 aromatic heterocycles. The average molecular weight is 421 g/mol. The van der Waals surface area contributed by atoms with Crippen LogP contribution in [0.3, 0.4) is 0 Å². The van der Waals surface area contributed by atoms with Crippen LogP contribution >= 0.6 is 0 Å². The van der Waals surface area contributed by atoms with Crippen molar-refractivity contribution in [1.82, 2.24) is 15.4 Å². The summed E-state index contributed by atoms with van der Waals surface area (Å²) < 4.78 is 5.88. The van der Waals surface area contributed by atoms with Crippen LogP contribution in [0.25, 0.3) is 21.5 Å². The number of nitrogens with two attached hydrogens (primary N) is 1. The summed E-state index contributed by atoms with van der Waals surface area (Å²) in [5.41, 5.74) is 12.3. The van der Waals surface area contributed by atoms with Gasteiger partial charge >= 0.3 is 0 Å². The van der Waals surface area contributed by atoms with Gasteiger partial charge in [0, 0.05) is 5.56 Å². The zero-order valence-electron chi connectivity index (χ0n) is 16.9. The monoisotopic (exact) mass is 421 g/mol. The summed E-state index contributed by atoms with van der Waals surface area (Å²) in [6.45, 7) is 0. The fourth-order valence-corrected chi connectivity index (χ4v) is 3.51. The smallest absolute Gasteiger partial charge is 0.270 e. The molecule has 0 unspecified atom stereocenters. The summed E-state index contributed by atoms with van der Waals surface area (Å²) in [5.74, 6) is 0.721. The molecule has 5 aromatic rings. The summed E-state index contributed by atoms with van der Waals surface area (Å²) >= 11 is 0. The molecular weight excluding hydrogens is 402 g/mol. The van der Waals surface area contributed by atoms with Crippen LogP contribution in [0.2, 0.25) is 0 Å². The van der Waals surface area contributed by atoms with Crippen molar-refractivity contribution in [2.45, 2.75) is 0 Å². The lowest BCUT2D eigenvalue weighted by Crippen LogP contribution is -2.30. The molecule has 32 heavy (non-hydrogen) atoms. The maximum atomic E-state index is 12.8. The van der Waals surface area contributed by atoms with Gasteiger partial charge in [-0.25, -0.2) is 4.98 Å². The highest BCUT2D eigenvalue weighted by Crippen LogP contribution is 2.30. The second kappa shape index (κ2) is 8.23. The van der Waals surface area contributed by atoms with Crippen LogP contribution in [0, 0.1) is 0 Å². The number of hydrogen-bond acceptors (Lipinski definition) is 6. The van der Waals surface area contributed by atoms with Crippen molar-refractivity contribution in [3.8, 4) is 11.6 Å². The third kappa shape index (κ3) is 3.75. The van der Waals surface area contributed by atoms with Gasteiger partial charge < -0.3 is 10.5 Å². The Bertz CT molecular complexity index is 1450. The lowest BCUT2D eigenvalue weighted by Gasteiger charge is -2.13. The lowest BCUT2D eigenvalue weighted by molar-refractivity contribution is 0.0964. The zero-order chi connectivity index (χ0) is 21.9. The fraction of sp³-hybridized carbons (Fsp3) is 0. The third-order valence-electron chi connectivity index (χ3n) is 5.11. The Hall–Kier alpha value is -4.65. The van der Waals surface area contributed by atoms with Crippen LogP contribution in [-0.2, 0) is 0 Å². The number of ether oxygens (including phenoxy) is 1. The summed E-state index contributed by atoms with van der Waals surface area (Å²) in [7, 11) is 0. The van der Waals surface area contributed by atoms with E-state index in [4.69, 9.17) is 10.5 Å². The van der Waals surface area contributed by atoms with Crippen molar-refractivity contribution in [3.63, 3.8) is 0 Å². The first kappa shape index (κ1) is 19.3. The van der Waals surface area contributed by atoms with E-state index < -0.39 is 0 Å². The number of carbonyl (C=O) groups excluding carboxylic acids is 1. The quantitative estimate of drug-likeness (QED) is 0.348. The number of hydrazine groups is 1. The zero-order valence-corrected chi connectivity index (χ0v) is 16.9. The first-order valence-electron chi connectivity index (χ1n) is 10.0. The summed E-state index contributed by atoms with van der Waals surface area (Å²) in [5, 5.41) is 3.98. The van der Waals surface area contributed by atoms with E-state index in [-0.39, 0.29) is 23.3 Å². The van der Waals surface area contributed by atoms with Gasteiger partial charge in [0.2, 0.25) is 5.88 Å². The Balaban J connectivity index is 1.34. The molecule has 0 aliphatic rings. The van der Waals surface area contributed by atoms with Gasteiger partial charge in [0.05, 0.1) is 0 Å². The Morgan fingerprint density at radius 2 is 1.56 bits per heavy atom. The maximum Gasteiger partial charge on any atom is 0.270 e. The number of hydrogen-bond donors (Lipinski definition) is 3. The number of benzene rings is 4. The Kier molecular flexibility index (Phi) is 4.97. The molecule has 1 heterocycles. The van der Waals surface area contributed by atoms with Gasteiger partial charge in [-0.05, 0) is 39.7 Å². The minimum atomic E-state index is -0.309. The van der Waals surface area contributed by atoms with E-state index in [1.807, 2.05) is 78.9 Å². The van der Waals surface area contributed by atoms with Gasteiger partial charge in [-0.3, -0.25) is 15.6 Å². The molecule has 4 N–H and O–H groups in total. The van der Waals surface area contributed by atoms with Crippen LogP contribution in [-0.4, -0.2) is 15.9 Å². The molecule has 0 fully saturated rings. The lowest BCUT2D eigenvalue weighted by atomic mass is 10.0. The molecule has 0 saturated carbocycles. The highest BCUT2D eigenvalue weighted by molar-refractivity contribution is 6.07. The number of amides is 1. The number of nitrogen functional groups attached to an aromatic ring is 1. The van der Waals surface area contributed by atoms with Crippen molar-refractivity contribution < 1.29 is 9.53 Å². The van der Waals surface area contributed by atoms with E-state index in [9.17, 15) is 4.79 Å². The number of nitrogens with zero attached hydrogens (tertiary/aromatic N) is 2. The van der Waals surface area contributed by atoms with Gasteiger partial charge in [-0.2, -0.15) is 4.98 Å². The van der Waals surface area contributed by atoms with Gasteiger partial charge in [-0.1, -0.05) is 66.7 Å². The Labute approximate surface area is 183 Å². The molecule has 1 amide bonds. The van der Waals surface area contributed by atoms with Gasteiger partial charge in [0.25, 0.3) is 5.91 Å². The molecule has 7 heteroatoms. The van der Waals surface area contributed by atoms with Gasteiger partial charge in [-0.15, -0.1) is 0 Å². The second-order valence-corrected chi connectivity index (χ2v) is 7.16. The summed E-state index contributed by atoms with van der Waals surface area (Å²) in [6.07, 6.45) is 1.32. The van der Waals surface area contributed by atoms with Crippen LogP contribution in [0.1, 0.15) is 10.4 Å². The maximum absolute atomic E-state index is 12.8. The van der Waals surface area contributed by atoms with E-state index in [0.29, 0.717) is 11.3 Å². The van der Waals surface area contributed by atoms with Gasteiger partial charge in [0.15, 0.2) is 5.82 Å². The second-order valence-electron chi connectivity index (χ2n) is 7.16. The average Bonchev–Trinajstić information content (AvgIpc) is 2.84. The normalized spacial score (nSPS) is 10.8. The Morgan fingerprint density at radius 1 is 0.812 bits per heavy atom. The largest absolute Gasteiger partial charge is 0.437 e. The SMILES string of the molecule is Nc1c(NNC(=O)c2cccc3ccccc23)ncnc1Oc1ccc2ccccc2c1. The minimum Gasteiger partial charge on any atom is -0.437 e. The van der Waals surface area contributed by atoms with Crippen molar-refractivity contribution in [2.75, 3.05) is 11.2 Å². The Morgan fingerprint density at radius 3 is 2.44 bits per heavy atom. The summed E-state index contributed by atoms with van der Waals surface area (Å²) in [6, 6.07) is 26.9. The van der Waals surface area contributed by atoms with Crippen LogP contribution in [0.15, 0.2) is 91.3 Å². The van der Waals surface area contributed by atoms with E-state index in [1.165, 1.54) is 6.33 Å². The van der Waals surface area contributed by atoms with E-state index in [2.05, 4.69) is 20.8 Å². The van der Waals surface area contributed by atoms with Crippen LogP contribution in [0.5, 0.6) is 11.6 Å². The van der Waals surface area contributed by atoms with E-state index in [1.54, 1.807) is 6.07 Å². The molecular formula is C25H19N5O2. The summed E-state index contributed by atoms with van der Waals surface area (Å²) in [4.78, 5) is 21.0. The van der Waals surface area contributed by atoms with Gasteiger partial charge in [0.1, 0.15) is 17.8 Å². The predicted molar refractivity (Wildman–Crippen MR) is 126 cm³/mol. The number of aromatic nitrogens is 2. The molecule has 7 nitrogen and oxygen atoms in total. The van der Waals surface area contributed by atoms with E-state index >= 15 is 0 Å². The molecule has 0 atom stereocenters. The molecule has 0 spiro atoms. The highest BCUT2D eigenvalue weighted by Gasteiger charge is 2.13. The molecule has 0 saturated heterocycles.